The second kappa shape index (κ2) is 9.39. The molecule has 0 aliphatic rings. The van der Waals surface area contributed by atoms with Crippen LogP contribution >= 0.6 is 11.3 Å². The number of hydrogen-bond donors (Lipinski definition) is 1. The molecule has 0 radical (unpaired) electrons. The lowest BCUT2D eigenvalue weighted by atomic mass is 10.1. The van der Waals surface area contributed by atoms with Gasteiger partial charge < -0.3 is 19.5 Å². The molecule has 0 aliphatic carbocycles. The summed E-state index contributed by atoms with van der Waals surface area (Å²) in [5.74, 6) is -1.66. The van der Waals surface area contributed by atoms with E-state index >= 15 is 0 Å². The first kappa shape index (κ1) is 20.1. The topological polar surface area (TPSA) is 90.9 Å². The van der Waals surface area contributed by atoms with Crippen molar-refractivity contribution in [3.05, 3.63) is 16.0 Å². The molecule has 1 heterocycles. The van der Waals surface area contributed by atoms with E-state index in [1.807, 2.05) is 0 Å². The highest BCUT2D eigenvalue weighted by atomic mass is 32.1. The highest BCUT2D eigenvalue weighted by Crippen LogP contribution is 2.34. The molecular formula is C16H23NO6S. The number of amides is 1. The molecule has 8 heteroatoms. The number of nitrogens with one attached hydrogen (secondary N) is 1. The third-order valence-corrected chi connectivity index (χ3v) is 4.28. The lowest BCUT2D eigenvalue weighted by Crippen LogP contribution is -2.19. The Bertz CT molecular complexity index is 608. The molecule has 7 nitrogen and oxygen atoms in total. The van der Waals surface area contributed by atoms with Crippen LogP contribution in [0.1, 0.15) is 46.4 Å². The molecule has 134 valence electrons. The third kappa shape index (κ3) is 5.04. The fourth-order valence-electron chi connectivity index (χ4n) is 1.78. The van der Waals surface area contributed by atoms with Gasteiger partial charge in [0.05, 0.1) is 18.8 Å². The Balaban J connectivity index is 3.16. The molecule has 0 unspecified atom stereocenters. The maximum Gasteiger partial charge on any atom is 0.348 e. The van der Waals surface area contributed by atoms with Crippen LogP contribution < -0.4 is 5.32 Å². The average Bonchev–Trinajstić information content (AvgIpc) is 2.84. The number of methoxy groups -OCH3 is 1. The summed E-state index contributed by atoms with van der Waals surface area (Å²) in [4.78, 5) is 36.6. The maximum atomic E-state index is 12.2. The van der Waals surface area contributed by atoms with Gasteiger partial charge >= 0.3 is 11.9 Å². The van der Waals surface area contributed by atoms with Crippen LogP contribution in [0.5, 0.6) is 0 Å². The van der Waals surface area contributed by atoms with Gasteiger partial charge in [0, 0.05) is 13.0 Å². The molecule has 1 aromatic heterocycles. The van der Waals surface area contributed by atoms with Gasteiger partial charge in [-0.05, 0) is 19.4 Å². The molecule has 1 rings (SSSR count). The van der Waals surface area contributed by atoms with E-state index in [0.717, 1.165) is 11.3 Å². The third-order valence-electron chi connectivity index (χ3n) is 3.09. The van der Waals surface area contributed by atoms with E-state index in [2.05, 4.69) is 5.32 Å². The first-order valence-electron chi connectivity index (χ1n) is 7.60. The lowest BCUT2D eigenvalue weighted by Gasteiger charge is -2.08. The standard InChI is InChI=1S/C16H23NO6S/c1-6-22-15(19)11-10(4)12(16(20)23-8-7-21-5)24-14(11)17-13(18)9(2)3/h9H,6-8H2,1-5H3,(H,17,18). The Morgan fingerprint density at radius 1 is 1.12 bits per heavy atom. The number of carbonyl (C=O) groups excluding carboxylic acids is 3. The predicted molar refractivity (Wildman–Crippen MR) is 90.6 cm³/mol. The van der Waals surface area contributed by atoms with Crippen LogP contribution in [0.2, 0.25) is 0 Å². The minimum Gasteiger partial charge on any atom is -0.462 e. The van der Waals surface area contributed by atoms with Crippen molar-refractivity contribution in [2.75, 3.05) is 32.2 Å². The van der Waals surface area contributed by atoms with Crippen molar-refractivity contribution >= 4 is 34.2 Å². The Morgan fingerprint density at radius 3 is 2.33 bits per heavy atom. The molecular weight excluding hydrogens is 334 g/mol. The van der Waals surface area contributed by atoms with Crippen LogP contribution in [0, 0.1) is 12.8 Å². The Kier molecular flexibility index (Phi) is 7.87. The number of ether oxygens (including phenoxy) is 3. The molecule has 0 spiro atoms. The van der Waals surface area contributed by atoms with Gasteiger partial charge in [0.25, 0.3) is 0 Å². The minimum atomic E-state index is -0.582. The van der Waals surface area contributed by atoms with Crippen molar-refractivity contribution in [1.29, 1.82) is 0 Å². The van der Waals surface area contributed by atoms with Gasteiger partial charge in [-0.3, -0.25) is 4.79 Å². The Labute approximate surface area is 145 Å². The molecule has 1 N–H and O–H groups in total. The largest absolute Gasteiger partial charge is 0.462 e. The van der Waals surface area contributed by atoms with E-state index in [1.54, 1.807) is 27.7 Å². The van der Waals surface area contributed by atoms with Crippen LogP contribution in [0.3, 0.4) is 0 Å². The SMILES string of the molecule is CCOC(=O)c1c(NC(=O)C(C)C)sc(C(=O)OCCOC)c1C. The number of anilines is 1. The van der Waals surface area contributed by atoms with E-state index in [0.29, 0.717) is 10.6 Å². The summed E-state index contributed by atoms with van der Waals surface area (Å²) in [5.41, 5.74) is 0.620. The summed E-state index contributed by atoms with van der Waals surface area (Å²) in [5, 5.41) is 2.97. The fourth-order valence-corrected chi connectivity index (χ4v) is 2.88. The summed E-state index contributed by atoms with van der Waals surface area (Å²) in [6.07, 6.45) is 0. The number of rotatable bonds is 8. The van der Waals surface area contributed by atoms with Crippen molar-refractivity contribution in [3.8, 4) is 0 Å². The molecule has 0 fully saturated rings. The van der Waals surface area contributed by atoms with Gasteiger partial charge in [-0.25, -0.2) is 9.59 Å². The van der Waals surface area contributed by atoms with E-state index in [1.165, 1.54) is 7.11 Å². The summed E-state index contributed by atoms with van der Waals surface area (Å²) < 4.78 is 15.0. The summed E-state index contributed by atoms with van der Waals surface area (Å²) >= 11 is 1.00. The van der Waals surface area contributed by atoms with Crippen molar-refractivity contribution in [2.45, 2.75) is 27.7 Å². The zero-order valence-electron chi connectivity index (χ0n) is 14.6. The monoisotopic (exact) mass is 357 g/mol. The summed E-state index contributed by atoms with van der Waals surface area (Å²) in [6, 6.07) is 0. The van der Waals surface area contributed by atoms with Crippen molar-refractivity contribution in [3.63, 3.8) is 0 Å². The van der Waals surface area contributed by atoms with E-state index in [9.17, 15) is 14.4 Å². The molecule has 0 saturated carbocycles. The number of esters is 2. The van der Waals surface area contributed by atoms with E-state index < -0.39 is 11.9 Å². The highest BCUT2D eigenvalue weighted by Gasteiger charge is 2.27. The zero-order chi connectivity index (χ0) is 18.3. The van der Waals surface area contributed by atoms with Gasteiger partial charge in [0.1, 0.15) is 16.5 Å². The molecule has 1 aromatic rings. The van der Waals surface area contributed by atoms with Crippen molar-refractivity contribution < 1.29 is 28.6 Å². The van der Waals surface area contributed by atoms with Crippen LogP contribution in [0.4, 0.5) is 5.00 Å². The second-order valence-corrected chi connectivity index (χ2v) is 6.27. The summed E-state index contributed by atoms with van der Waals surface area (Å²) in [7, 11) is 1.50. The van der Waals surface area contributed by atoms with E-state index in [-0.39, 0.29) is 42.1 Å². The van der Waals surface area contributed by atoms with Crippen molar-refractivity contribution in [2.24, 2.45) is 5.92 Å². The number of carbonyl (C=O) groups is 3. The first-order valence-corrected chi connectivity index (χ1v) is 8.42. The van der Waals surface area contributed by atoms with Gasteiger partial charge in [0.2, 0.25) is 5.91 Å². The molecule has 0 bridgehead atoms. The smallest absolute Gasteiger partial charge is 0.348 e. The van der Waals surface area contributed by atoms with Gasteiger partial charge in [-0.2, -0.15) is 0 Å². The van der Waals surface area contributed by atoms with Crippen LogP contribution in [-0.4, -0.2) is 44.8 Å². The summed E-state index contributed by atoms with van der Waals surface area (Å²) in [6.45, 7) is 7.36. The molecule has 0 aromatic carbocycles. The Hall–Kier alpha value is -1.93. The average molecular weight is 357 g/mol. The normalized spacial score (nSPS) is 10.6. The number of hydrogen-bond acceptors (Lipinski definition) is 7. The minimum absolute atomic E-state index is 0.106. The fraction of sp³-hybridized carbons (Fsp3) is 0.562. The lowest BCUT2D eigenvalue weighted by molar-refractivity contribution is -0.118. The highest BCUT2D eigenvalue weighted by molar-refractivity contribution is 7.18. The molecule has 1 amide bonds. The molecule has 0 atom stereocenters. The molecule has 0 aliphatic heterocycles. The van der Waals surface area contributed by atoms with Gasteiger partial charge in [-0.1, -0.05) is 13.8 Å². The zero-order valence-corrected chi connectivity index (χ0v) is 15.4. The van der Waals surface area contributed by atoms with Crippen LogP contribution in [0.15, 0.2) is 0 Å². The maximum absolute atomic E-state index is 12.2. The quantitative estimate of drug-likeness (QED) is 0.568. The number of thiophene rings is 1. The van der Waals surface area contributed by atoms with Crippen LogP contribution in [0.25, 0.3) is 0 Å². The molecule has 24 heavy (non-hydrogen) atoms. The van der Waals surface area contributed by atoms with Gasteiger partial charge in [-0.15, -0.1) is 11.3 Å². The van der Waals surface area contributed by atoms with Crippen molar-refractivity contribution in [1.82, 2.24) is 0 Å². The van der Waals surface area contributed by atoms with Gasteiger partial charge in [0.15, 0.2) is 0 Å². The molecule has 0 saturated heterocycles. The van der Waals surface area contributed by atoms with Crippen LogP contribution in [-0.2, 0) is 19.0 Å². The van der Waals surface area contributed by atoms with E-state index in [4.69, 9.17) is 14.2 Å². The predicted octanol–water partition coefficient (Wildman–Crippen LogP) is 2.63. The first-order chi connectivity index (χ1) is 11.3. The second-order valence-electron chi connectivity index (χ2n) is 5.25. The Morgan fingerprint density at radius 2 is 1.79 bits per heavy atom.